The summed E-state index contributed by atoms with van der Waals surface area (Å²) in [5.74, 6) is -0.674. The Hall–Kier alpha value is -1.91. The Bertz CT molecular complexity index is 562. The first kappa shape index (κ1) is 17.4. The van der Waals surface area contributed by atoms with Gasteiger partial charge in [-0.1, -0.05) is 31.5 Å². The van der Waals surface area contributed by atoms with Crippen LogP contribution < -0.4 is 5.32 Å². The van der Waals surface area contributed by atoms with E-state index in [2.05, 4.69) is 12.2 Å². The predicted octanol–water partition coefficient (Wildman–Crippen LogP) is 2.38. The quantitative estimate of drug-likeness (QED) is 0.799. The third-order valence-electron chi connectivity index (χ3n) is 4.32. The fourth-order valence-corrected chi connectivity index (χ4v) is 2.70. The summed E-state index contributed by atoms with van der Waals surface area (Å²) in [6.45, 7) is 3.22. The number of nitrogens with zero attached hydrogens (tertiary/aromatic N) is 1. The number of hydrogen-bond donors (Lipinski definition) is 1. The molecule has 5 heteroatoms. The highest BCUT2D eigenvalue weighted by Crippen LogP contribution is 2.39. The fraction of sp³-hybridized carbons (Fsp3) is 0.556. The number of halogens is 1. The van der Waals surface area contributed by atoms with Crippen LogP contribution in [0, 0.1) is 17.7 Å². The molecule has 0 aromatic heterocycles. The van der Waals surface area contributed by atoms with Crippen LogP contribution in [0.15, 0.2) is 24.3 Å². The van der Waals surface area contributed by atoms with Crippen LogP contribution in [0.1, 0.15) is 31.7 Å². The lowest BCUT2D eigenvalue weighted by Crippen LogP contribution is -2.33. The number of hydrogen-bond acceptors (Lipinski definition) is 2. The molecule has 0 heterocycles. The Labute approximate surface area is 137 Å². The summed E-state index contributed by atoms with van der Waals surface area (Å²) in [6.07, 6.45) is 3.11. The second-order valence-corrected chi connectivity index (χ2v) is 6.19. The number of unbranched alkanes of at least 4 members (excludes halogenated alkanes) is 1. The highest BCUT2D eigenvalue weighted by atomic mass is 19.1. The van der Waals surface area contributed by atoms with E-state index < -0.39 is 0 Å². The van der Waals surface area contributed by atoms with E-state index in [4.69, 9.17) is 0 Å². The summed E-state index contributed by atoms with van der Waals surface area (Å²) in [4.78, 5) is 25.9. The van der Waals surface area contributed by atoms with Gasteiger partial charge in [-0.2, -0.15) is 0 Å². The lowest BCUT2D eigenvalue weighted by atomic mass is 10.1. The van der Waals surface area contributed by atoms with Gasteiger partial charge in [-0.3, -0.25) is 9.59 Å². The molecule has 4 nitrogen and oxygen atoms in total. The first-order chi connectivity index (χ1) is 11.0. The van der Waals surface area contributed by atoms with Crippen molar-refractivity contribution >= 4 is 11.8 Å². The maximum atomic E-state index is 13.5. The van der Waals surface area contributed by atoms with Crippen molar-refractivity contribution in [3.63, 3.8) is 0 Å². The van der Waals surface area contributed by atoms with E-state index >= 15 is 0 Å². The van der Waals surface area contributed by atoms with Crippen molar-refractivity contribution in [2.45, 2.75) is 32.6 Å². The molecule has 1 N–H and O–H groups in total. The molecular formula is C18H25FN2O2. The average molecular weight is 320 g/mol. The number of carbonyl (C=O) groups excluding carboxylic acids is 2. The summed E-state index contributed by atoms with van der Waals surface area (Å²) in [6, 6.07) is 6.56. The zero-order valence-electron chi connectivity index (χ0n) is 13.8. The third kappa shape index (κ3) is 4.78. The minimum Gasteiger partial charge on any atom is -0.356 e. The summed E-state index contributed by atoms with van der Waals surface area (Å²) >= 11 is 0. The van der Waals surface area contributed by atoms with Gasteiger partial charge in [0.25, 0.3) is 0 Å². The molecule has 1 aromatic carbocycles. The molecule has 1 aromatic rings. The van der Waals surface area contributed by atoms with Gasteiger partial charge in [-0.15, -0.1) is 0 Å². The van der Waals surface area contributed by atoms with E-state index in [0.717, 1.165) is 19.4 Å². The first-order valence-electron chi connectivity index (χ1n) is 8.30. The molecular weight excluding hydrogens is 295 g/mol. The topological polar surface area (TPSA) is 49.4 Å². The molecule has 126 valence electrons. The number of rotatable bonds is 8. The third-order valence-corrected chi connectivity index (χ3v) is 4.32. The molecule has 1 fully saturated rings. The molecule has 0 radical (unpaired) electrons. The Morgan fingerprint density at radius 1 is 1.30 bits per heavy atom. The molecule has 2 unspecified atom stereocenters. The molecule has 2 amide bonds. The predicted molar refractivity (Wildman–Crippen MR) is 87.3 cm³/mol. The minimum absolute atomic E-state index is 0.0627. The molecule has 0 bridgehead atoms. The van der Waals surface area contributed by atoms with Gasteiger partial charge in [-0.05, 0) is 30.9 Å². The van der Waals surface area contributed by atoms with Crippen molar-refractivity contribution in [2.75, 3.05) is 20.1 Å². The van der Waals surface area contributed by atoms with Crippen LogP contribution in [0.3, 0.4) is 0 Å². The number of amides is 2. The van der Waals surface area contributed by atoms with Crippen LogP contribution in [0.5, 0.6) is 0 Å². The van der Waals surface area contributed by atoms with E-state index in [-0.39, 0.29) is 29.5 Å². The van der Waals surface area contributed by atoms with Gasteiger partial charge >= 0.3 is 0 Å². The molecule has 0 saturated heterocycles. The monoisotopic (exact) mass is 320 g/mol. The first-order valence-corrected chi connectivity index (χ1v) is 8.30. The Kier molecular flexibility index (Phi) is 6.13. The summed E-state index contributed by atoms with van der Waals surface area (Å²) in [5.41, 5.74) is 0.593. The van der Waals surface area contributed by atoms with Crippen molar-refractivity contribution in [3.8, 4) is 0 Å². The number of benzene rings is 1. The lowest BCUT2D eigenvalue weighted by Gasteiger charge is -2.16. The molecule has 2 rings (SSSR count). The molecule has 0 aliphatic heterocycles. The van der Waals surface area contributed by atoms with Crippen molar-refractivity contribution in [3.05, 3.63) is 35.6 Å². The van der Waals surface area contributed by atoms with Crippen LogP contribution in [0.4, 0.5) is 4.39 Å². The minimum atomic E-state index is -0.251. The largest absolute Gasteiger partial charge is 0.356 e. The Morgan fingerprint density at radius 2 is 2.04 bits per heavy atom. The highest BCUT2D eigenvalue weighted by molar-refractivity contribution is 5.92. The van der Waals surface area contributed by atoms with Crippen molar-refractivity contribution in [2.24, 2.45) is 11.8 Å². The highest BCUT2D eigenvalue weighted by Gasteiger charge is 2.48. The van der Waals surface area contributed by atoms with Gasteiger partial charge in [0.2, 0.25) is 11.8 Å². The standard InChI is InChI=1S/C18H25FN2O2/c1-3-4-11-21(2)18(23)15-12-14(15)17(22)20-10-9-13-7-5-6-8-16(13)19/h5-8,14-15H,3-4,9-12H2,1-2H3,(H,20,22). The van der Waals surface area contributed by atoms with Crippen LogP contribution in [-0.4, -0.2) is 36.9 Å². The van der Waals surface area contributed by atoms with E-state index in [1.54, 1.807) is 30.1 Å². The van der Waals surface area contributed by atoms with Crippen LogP contribution in [-0.2, 0) is 16.0 Å². The van der Waals surface area contributed by atoms with Crippen molar-refractivity contribution in [1.29, 1.82) is 0 Å². The van der Waals surface area contributed by atoms with Crippen molar-refractivity contribution in [1.82, 2.24) is 10.2 Å². The van der Waals surface area contributed by atoms with Gasteiger partial charge in [0.15, 0.2) is 0 Å². The second-order valence-electron chi connectivity index (χ2n) is 6.19. The average Bonchev–Trinajstić information content (AvgIpc) is 3.34. The molecule has 0 spiro atoms. The zero-order chi connectivity index (χ0) is 16.8. The number of carbonyl (C=O) groups is 2. The Balaban J connectivity index is 1.71. The van der Waals surface area contributed by atoms with E-state index in [1.165, 1.54) is 6.07 Å². The van der Waals surface area contributed by atoms with E-state index in [0.29, 0.717) is 24.9 Å². The summed E-state index contributed by atoms with van der Waals surface area (Å²) in [7, 11) is 1.80. The molecule has 1 aliphatic carbocycles. The molecule has 1 aliphatic rings. The number of nitrogens with one attached hydrogen (secondary N) is 1. The molecule has 2 atom stereocenters. The van der Waals surface area contributed by atoms with Gasteiger partial charge < -0.3 is 10.2 Å². The van der Waals surface area contributed by atoms with Gasteiger partial charge in [0.05, 0.1) is 11.8 Å². The lowest BCUT2D eigenvalue weighted by molar-refractivity contribution is -0.133. The van der Waals surface area contributed by atoms with Gasteiger partial charge in [-0.25, -0.2) is 4.39 Å². The van der Waals surface area contributed by atoms with Crippen molar-refractivity contribution < 1.29 is 14.0 Å². The van der Waals surface area contributed by atoms with Crippen LogP contribution in [0.2, 0.25) is 0 Å². The van der Waals surface area contributed by atoms with E-state index in [1.807, 2.05) is 0 Å². The van der Waals surface area contributed by atoms with E-state index in [9.17, 15) is 14.0 Å². The zero-order valence-corrected chi connectivity index (χ0v) is 13.8. The SMILES string of the molecule is CCCCN(C)C(=O)C1CC1C(=O)NCCc1ccccc1F. The van der Waals surface area contributed by atoms with Gasteiger partial charge in [0, 0.05) is 20.1 Å². The van der Waals surface area contributed by atoms with Crippen LogP contribution >= 0.6 is 0 Å². The maximum Gasteiger partial charge on any atom is 0.226 e. The summed E-state index contributed by atoms with van der Waals surface area (Å²) < 4.78 is 13.5. The van der Waals surface area contributed by atoms with Gasteiger partial charge in [0.1, 0.15) is 5.82 Å². The van der Waals surface area contributed by atoms with Crippen LogP contribution in [0.25, 0.3) is 0 Å². The molecule has 23 heavy (non-hydrogen) atoms. The maximum absolute atomic E-state index is 13.5. The smallest absolute Gasteiger partial charge is 0.226 e. The molecule has 1 saturated carbocycles. The fourth-order valence-electron chi connectivity index (χ4n) is 2.70. The second kappa shape index (κ2) is 8.09. The Morgan fingerprint density at radius 3 is 2.74 bits per heavy atom. The normalized spacial score (nSPS) is 19.3. The summed E-state index contributed by atoms with van der Waals surface area (Å²) in [5, 5.41) is 2.81.